The van der Waals surface area contributed by atoms with Crippen molar-refractivity contribution in [3.63, 3.8) is 0 Å². The number of aliphatic carboxylic acids is 1. The fourth-order valence-electron chi connectivity index (χ4n) is 1.50. The van der Waals surface area contributed by atoms with Crippen molar-refractivity contribution < 1.29 is 9.90 Å². The first kappa shape index (κ1) is 10.5. The van der Waals surface area contributed by atoms with Crippen molar-refractivity contribution in [2.45, 2.75) is 26.2 Å². The maximum absolute atomic E-state index is 10.6. The van der Waals surface area contributed by atoms with Crippen LogP contribution in [0.2, 0.25) is 0 Å². The SMILES string of the molecule is CC(C)c1ccnc2nc(CC(=O)O)nn12. The van der Waals surface area contributed by atoms with Crippen LogP contribution in [0.3, 0.4) is 0 Å². The molecule has 0 unspecified atom stereocenters. The minimum Gasteiger partial charge on any atom is -0.481 e. The number of aromatic nitrogens is 4. The number of hydrogen-bond donors (Lipinski definition) is 1. The molecule has 0 aliphatic heterocycles. The van der Waals surface area contributed by atoms with Crippen molar-refractivity contribution in [2.24, 2.45) is 0 Å². The van der Waals surface area contributed by atoms with Crippen molar-refractivity contribution in [1.82, 2.24) is 19.6 Å². The fourth-order valence-corrected chi connectivity index (χ4v) is 1.50. The van der Waals surface area contributed by atoms with E-state index in [2.05, 4.69) is 15.1 Å². The number of fused-ring (bicyclic) bond motifs is 1. The summed E-state index contributed by atoms with van der Waals surface area (Å²) in [7, 11) is 0. The molecule has 0 radical (unpaired) electrons. The highest BCUT2D eigenvalue weighted by molar-refractivity contribution is 5.69. The molecule has 0 fully saturated rings. The molecular weight excluding hydrogens is 208 g/mol. The van der Waals surface area contributed by atoms with Gasteiger partial charge in [0.05, 0.1) is 5.69 Å². The summed E-state index contributed by atoms with van der Waals surface area (Å²) in [6.07, 6.45) is 1.48. The topological polar surface area (TPSA) is 80.4 Å². The van der Waals surface area contributed by atoms with Gasteiger partial charge in [0.1, 0.15) is 6.42 Å². The lowest BCUT2D eigenvalue weighted by Gasteiger charge is -2.05. The first-order valence-corrected chi connectivity index (χ1v) is 5.00. The molecule has 1 N–H and O–H groups in total. The predicted molar refractivity (Wildman–Crippen MR) is 56.2 cm³/mol. The molecule has 6 nitrogen and oxygen atoms in total. The Morgan fingerprint density at radius 1 is 1.56 bits per heavy atom. The Hall–Kier alpha value is -1.98. The maximum atomic E-state index is 10.6. The molecule has 2 aromatic rings. The van der Waals surface area contributed by atoms with E-state index in [0.29, 0.717) is 5.78 Å². The molecule has 0 aromatic carbocycles. The summed E-state index contributed by atoms with van der Waals surface area (Å²) in [5.74, 6) is 0.0717. The summed E-state index contributed by atoms with van der Waals surface area (Å²) in [5.41, 5.74) is 0.967. The molecule has 2 rings (SSSR count). The molecule has 0 atom stereocenters. The molecule has 2 heterocycles. The van der Waals surface area contributed by atoms with Crippen LogP contribution in [0.15, 0.2) is 12.3 Å². The Morgan fingerprint density at radius 2 is 2.31 bits per heavy atom. The van der Waals surface area contributed by atoms with E-state index in [0.717, 1.165) is 5.69 Å². The summed E-state index contributed by atoms with van der Waals surface area (Å²) in [4.78, 5) is 18.7. The molecule has 0 saturated heterocycles. The minimum atomic E-state index is -0.943. The Kier molecular flexibility index (Phi) is 2.55. The Labute approximate surface area is 92.0 Å². The van der Waals surface area contributed by atoms with Gasteiger partial charge in [-0.2, -0.15) is 4.98 Å². The largest absolute Gasteiger partial charge is 0.481 e. The first-order valence-electron chi connectivity index (χ1n) is 5.00. The molecule has 0 aliphatic carbocycles. The van der Waals surface area contributed by atoms with E-state index < -0.39 is 5.97 Å². The molecule has 2 aromatic heterocycles. The fraction of sp³-hybridized carbons (Fsp3) is 0.400. The number of carboxylic acid groups (broad SMARTS) is 1. The van der Waals surface area contributed by atoms with Crippen LogP contribution in [0.25, 0.3) is 5.78 Å². The van der Waals surface area contributed by atoms with E-state index in [1.54, 1.807) is 10.7 Å². The van der Waals surface area contributed by atoms with E-state index >= 15 is 0 Å². The van der Waals surface area contributed by atoms with Crippen LogP contribution in [-0.4, -0.2) is 30.7 Å². The number of nitrogens with zero attached hydrogens (tertiary/aromatic N) is 4. The predicted octanol–water partition coefficient (Wildman–Crippen LogP) is 0.875. The number of rotatable bonds is 3. The van der Waals surface area contributed by atoms with Gasteiger partial charge in [-0.05, 0) is 12.0 Å². The lowest BCUT2D eigenvalue weighted by Crippen LogP contribution is -2.04. The zero-order chi connectivity index (χ0) is 11.7. The summed E-state index contributed by atoms with van der Waals surface area (Å²) in [6.45, 7) is 4.07. The lowest BCUT2D eigenvalue weighted by molar-refractivity contribution is -0.136. The minimum absolute atomic E-state index is 0.180. The number of hydrogen-bond acceptors (Lipinski definition) is 4. The van der Waals surface area contributed by atoms with Gasteiger partial charge in [-0.25, -0.2) is 9.50 Å². The third kappa shape index (κ3) is 1.86. The van der Waals surface area contributed by atoms with Crippen LogP contribution in [0.5, 0.6) is 0 Å². The van der Waals surface area contributed by atoms with Crippen molar-refractivity contribution in [3.05, 3.63) is 23.8 Å². The van der Waals surface area contributed by atoms with Crippen LogP contribution in [0, 0.1) is 0 Å². The van der Waals surface area contributed by atoms with Crippen LogP contribution < -0.4 is 0 Å². The Bertz CT molecular complexity index is 533. The van der Waals surface area contributed by atoms with E-state index in [1.165, 1.54) is 0 Å². The van der Waals surface area contributed by atoms with Gasteiger partial charge in [0, 0.05) is 6.20 Å². The van der Waals surface area contributed by atoms with Gasteiger partial charge >= 0.3 is 5.97 Å². The second-order valence-electron chi connectivity index (χ2n) is 3.83. The monoisotopic (exact) mass is 220 g/mol. The lowest BCUT2D eigenvalue weighted by atomic mass is 10.1. The molecule has 0 bridgehead atoms. The van der Waals surface area contributed by atoms with Crippen LogP contribution in [0.4, 0.5) is 0 Å². The highest BCUT2D eigenvalue weighted by Crippen LogP contribution is 2.13. The average Bonchev–Trinajstić information content (AvgIpc) is 2.57. The molecule has 0 spiro atoms. The standard InChI is InChI=1S/C10H12N4O2/c1-6(2)7-3-4-11-10-12-8(5-9(15)16)13-14(7)10/h3-4,6H,5H2,1-2H3,(H,15,16). The van der Waals surface area contributed by atoms with Crippen molar-refractivity contribution in [3.8, 4) is 0 Å². The van der Waals surface area contributed by atoms with E-state index in [1.807, 2.05) is 19.9 Å². The van der Waals surface area contributed by atoms with Gasteiger partial charge in [0.25, 0.3) is 5.78 Å². The van der Waals surface area contributed by atoms with Gasteiger partial charge in [0.15, 0.2) is 5.82 Å². The van der Waals surface area contributed by atoms with E-state index in [9.17, 15) is 4.79 Å². The third-order valence-corrected chi connectivity index (χ3v) is 2.21. The van der Waals surface area contributed by atoms with Gasteiger partial charge < -0.3 is 5.11 Å². The normalized spacial score (nSPS) is 11.2. The van der Waals surface area contributed by atoms with E-state index in [4.69, 9.17) is 5.11 Å². The van der Waals surface area contributed by atoms with Crippen molar-refractivity contribution in [1.29, 1.82) is 0 Å². The quantitative estimate of drug-likeness (QED) is 0.830. The van der Waals surface area contributed by atoms with Gasteiger partial charge in [0.2, 0.25) is 0 Å². The molecule has 6 heteroatoms. The average molecular weight is 220 g/mol. The summed E-state index contributed by atoms with van der Waals surface area (Å²) >= 11 is 0. The molecule has 0 amide bonds. The van der Waals surface area contributed by atoms with Gasteiger partial charge in [-0.3, -0.25) is 4.79 Å². The smallest absolute Gasteiger partial charge is 0.311 e. The summed E-state index contributed by atoms with van der Waals surface area (Å²) < 4.78 is 1.60. The van der Waals surface area contributed by atoms with Gasteiger partial charge in [-0.1, -0.05) is 13.8 Å². The summed E-state index contributed by atoms with van der Waals surface area (Å²) in [5, 5.41) is 12.8. The van der Waals surface area contributed by atoms with Crippen molar-refractivity contribution >= 4 is 11.7 Å². The van der Waals surface area contributed by atoms with Crippen LogP contribution >= 0.6 is 0 Å². The second-order valence-corrected chi connectivity index (χ2v) is 3.83. The zero-order valence-electron chi connectivity index (χ0n) is 9.08. The van der Waals surface area contributed by atoms with E-state index in [-0.39, 0.29) is 18.2 Å². The molecular formula is C10H12N4O2. The van der Waals surface area contributed by atoms with Gasteiger partial charge in [-0.15, -0.1) is 5.10 Å². The second kappa shape index (κ2) is 3.88. The molecule has 0 aliphatic rings. The first-order chi connectivity index (χ1) is 7.58. The van der Waals surface area contributed by atoms with Crippen molar-refractivity contribution in [2.75, 3.05) is 0 Å². The van der Waals surface area contributed by atoms with Crippen LogP contribution in [-0.2, 0) is 11.2 Å². The zero-order valence-corrected chi connectivity index (χ0v) is 9.08. The Balaban J connectivity index is 2.52. The summed E-state index contributed by atoms with van der Waals surface area (Å²) in [6, 6.07) is 1.86. The highest BCUT2D eigenvalue weighted by atomic mass is 16.4. The third-order valence-electron chi connectivity index (χ3n) is 2.21. The molecule has 84 valence electrons. The Morgan fingerprint density at radius 3 is 2.94 bits per heavy atom. The number of carboxylic acids is 1. The maximum Gasteiger partial charge on any atom is 0.311 e. The van der Waals surface area contributed by atoms with Crippen LogP contribution in [0.1, 0.15) is 31.3 Å². The number of carbonyl (C=O) groups is 1. The molecule has 0 saturated carbocycles. The molecule has 16 heavy (non-hydrogen) atoms. The highest BCUT2D eigenvalue weighted by Gasteiger charge is 2.12.